The van der Waals surface area contributed by atoms with E-state index in [2.05, 4.69) is 4.98 Å². The highest BCUT2D eigenvalue weighted by molar-refractivity contribution is 5.70. The number of aliphatic hydroxyl groups excluding tert-OH is 2. The number of carbonyl (C=O) groups excluding carboxylic acids is 1. The van der Waals surface area contributed by atoms with Crippen molar-refractivity contribution >= 4 is 11.8 Å². The quantitative estimate of drug-likeness (QED) is 0.653. The summed E-state index contributed by atoms with van der Waals surface area (Å²) >= 11 is 0. The molecule has 1 aromatic rings. The third-order valence-electron chi connectivity index (χ3n) is 2.54. The number of rotatable bonds is 5. The number of hydrogen-bond donors (Lipinski definition) is 3. The van der Waals surface area contributed by atoms with Gasteiger partial charge in [-0.2, -0.15) is 0 Å². The summed E-state index contributed by atoms with van der Waals surface area (Å²) in [5, 5.41) is 19.7. The molecule has 2 unspecified atom stereocenters. The number of anilines is 1. The van der Waals surface area contributed by atoms with Crippen LogP contribution in [-0.4, -0.2) is 33.9 Å². The molecule has 6 heteroatoms. The third kappa shape index (κ3) is 3.68. The van der Waals surface area contributed by atoms with Gasteiger partial charge in [0.2, 0.25) is 0 Å². The Morgan fingerprint density at radius 3 is 2.78 bits per heavy atom. The number of pyridine rings is 1. The minimum absolute atomic E-state index is 0.240. The molecule has 0 aliphatic heterocycles. The molecule has 1 heterocycles. The largest absolute Gasteiger partial charge is 0.466 e. The lowest BCUT2D eigenvalue weighted by Crippen LogP contribution is -2.24. The fourth-order valence-electron chi connectivity index (χ4n) is 1.61. The van der Waals surface area contributed by atoms with Crippen molar-refractivity contribution in [1.82, 2.24) is 4.98 Å². The van der Waals surface area contributed by atoms with Gasteiger partial charge in [-0.1, -0.05) is 0 Å². The first-order chi connectivity index (χ1) is 8.45. The van der Waals surface area contributed by atoms with Crippen molar-refractivity contribution in [3.63, 3.8) is 0 Å². The summed E-state index contributed by atoms with van der Waals surface area (Å²) < 4.78 is 4.70. The highest BCUT2D eigenvalue weighted by Crippen LogP contribution is 2.22. The SMILES string of the molecule is CCOC(=O)CC(O)C(O)c1cnc(N)cc1C. The standard InChI is InChI=1S/C12H18N2O4/c1-3-18-11(16)5-9(15)12(17)8-6-14-10(13)4-7(8)2/h4,6,9,12,15,17H,3,5H2,1-2H3,(H2,13,14). The Labute approximate surface area is 105 Å². The maximum absolute atomic E-state index is 11.2. The van der Waals surface area contributed by atoms with Crippen molar-refractivity contribution in [2.75, 3.05) is 12.3 Å². The number of carbonyl (C=O) groups is 1. The summed E-state index contributed by atoms with van der Waals surface area (Å²) in [6.45, 7) is 3.66. The predicted molar refractivity (Wildman–Crippen MR) is 65.6 cm³/mol. The molecular weight excluding hydrogens is 236 g/mol. The Balaban J connectivity index is 2.73. The zero-order valence-electron chi connectivity index (χ0n) is 10.5. The maximum atomic E-state index is 11.2. The van der Waals surface area contributed by atoms with Gasteiger partial charge in [-0.25, -0.2) is 4.98 Å². The average Bonchev–Trinajstić information content (AvgIpc) is 2.28. The molecule has 0 radical (unpaired) electrons. The van der Waals surface area contributed by atoms with Gasteiger partial charge in [-0.05, 0) is 25.5 Å². The molecule has 0 saturated carbocycles. The van der Waals surface area contributed by atoms with Gasteiger partial charge in [-0.3, -0.25) is 4.79 Å². The highest BCUT2D eigenvalue weighted by Gasteiger charge is 2.23. The molecule has 18 heavy (non-hydrogen) atoms. The van der Waals surface area contributed by atoms with Crippen molar-refractivity contribution in [3.8, 4) is 0 Å². The van der Waals surface area contributed by atoms with Gasteiger partial charge in [0.05, 0.1) is 19.1 Å². The molecule has 0 amide bonds. The van der Waals surface area contributed by atoms with Crippen LogP contribution in [-0.2, 0) is 9.53 Å². The van der Waals surface area contributed by atoms with Gasteiger partial charge in [-0.15, -0.1) is 0 Å². The zero-order chi connectivity index (χ0) is 13.7. The van der Waals surface area contributed by atoms with Crippen molar-refractivity contribution < 1.29 is 19.7 Å². The minimum atomic E-state index is -1.23. The lowest BCUT2D eigenvalue weighted by atomic mass is 10.00. The van der Waals surface area contributed by atoms with Crippen LogP contribution >= 0.6 is 0 Å². The number of aliphatic hydroxyl groups is 2. The first-order valence-electron chi connectivity index (χ1n) is 5.69. The smallest absolute Gasteiger partial charge is 0.308 e. The lowest BCUT2D eigenvalue weighted by molar-refractivity contribution is -0.147. The second kappa shape index (κ2) is 6.32. The summed E-state index contributed by atoms with van der Waals surface area (Å²) in [7, 11) is 0. The third-order valence-corrected chi connectivity index (χ3v) is 2.54. The number of aryl methyl sites for hydroxylation is 1. The van der Waals surface area contributed by atoms with Gasteiger partial charge < -0.3 is 20.7 Å². The first kappa shape index (κ1) is 14.4. The van der Waals surface area contributed by atoms with E-state index >= 15 is 0 Å². The molecule has 1 aromatic heterocycles. The van der Waals surface area contributed by atoms with E-state index in [1.165, 1.54) is 6.20 Å². The Kier molecular flexibility index (Phi) is 5.06. The van der Waals surface area contributed by atoms with Crippen molar-refractivity contribution in [2.45, 2.75) is 32.5 Å². The van der Waals surface area contributed by atoms with Crippen LogP contribution in [0.4, 0.5) is 5.82 Å². The van der Waals surface area contributed by atoms with Crippen LogP contribution in [0.25, 0.3) is 0 Å². The molecule has 2 atom stereocenters. The van der Waals surface area contributed by atoms with Crippen LogP contribution in [0.3, 0.4) is 0 Å². The zero-order valence-corrected chi connectivity index (χ0v) is 10.5. The normalized spacial score (nSPS) is 14.0. The topological polar surface area (TPSA) is 106 Å². The first-order valence-corrected chi connectivity index (χ1v) is 5.69. The summed E-state index contributed by atoms with van der Waals surface area (Å²) in [6, 6.07) is 1.59. The second-order valence-electron chi connectivity index (χ2n) is 3.99. The van der Waals surface area contributed by atoms with E-state index in [9.17, 15) is 15.0 Å². The van der Waals surface area contributed by atoms with E-state index in [-0.39, 0.29) is 13.0 Å². The summed E-state index contributed by atoms with van der Waals surface area (Å²) in [5.41, 5.74) is 6.65. The van der Waals surface area contributed by atoms with E-state index in [0.717, 1.165) is 0 Å². The van der Waals surface area contributed by atoms with Crippen molar-refractivity contribution in [2.24, 2.45) is 0 Å². The highest BCUT2D eigenvalue weighted by atomic mass is 16.5. The number of nitrogens with zero attached hydrogens (tertiary/aromatic N) is 1. The molecule has 6 nitrogen and oxygen atoms in total. The van der Waals surface area contributed by atoms with E-state index in [0.29, 0.717) is 16.9 Å². The fraction of sp³-hybridized carbons (Fsp3) is 0.500. The Bertz CT molecular complexity index is 423. The fourth-order valence-corrected chi connectivity index (χ4v) is 1.61. The number of aromatic nitrogens is 1. The maximum Gasteiger partial charge on any atom is 0.308 e. The predicted octanol–water partition coefficient (Wildman–Crippen LogP) is 0.320. The van der Waals surface area contributed by atoms with E-state index in [1.54, 1.807) is 19.9 Å². The van der Waals surface area contributed by atoms with E-state index in [1.807, 2.05) is 0 Å². The van der Waals surface area contributed by atoms with Crippen LogP contribution in [0.2, 0.25) is 0 Å². The molecule has 0 aromatic carbocycles. The molecule has 4 N–H and O–H groups in total. The molecule has 0 saturated heterocycles. The van der Waals surface area contributed by atoms with Gasteiger partial charge in [0.1, 0.15) is 11.9 Å². The van der Waals surface area contributed by atoms with Crippen LogP contribution in [0, 0.1) is 6.92 Å². The monoisotopic (exact) mass is 254 g/mol. The number of nitrogen functional groups attached to an aromatic ring is 1. The molecular formula is C12H18N2O4. The molecule has 0 spiro atoms. The second-order valence-corrected chi connectivity index (χ2v) is 3.99. The summed E-state index contributed by atoms with van der Waals surface area (Å²) in [6.07, 6.45) is -1.29. The molecule has 0 bridgehead atoms. The molecule has 0 aliphatic carbocycles. The lowest BCUT2D eigenvalue weighted by Gasteiger charge is -2.19. The van der Waals surface area contributed by atoms with Crippen LogP contribution < -0.4 is 5.73 Å². The van der Waals surface area contributed by atoms with Gasteiger partial charge in [0.15, 0.2) is 0 Å². The molecule has 0 fully saturated rings. The molecule has 0 aliphatic rings. The van der Waals surface area contributed by atoms with Gasteiger partial charge >= 0.3 is 5.97 Å². The number of hydrogen-bond acceptors (Lipinski definition) is 6. The molecule has 1 rings (SSSR count). The number of esters is 1. The van der Waals surface area contributed by atoms with Crippen LogP contribution in [0.15, 0.2) is 12.3 Å². The van der Waals surface area contributed by atoms with E-state index in [4.69, 9.17) is 10.5 Å². The van der Waals surface area contributed by atoms with Crippen LogP contribution in [0.5, 0.6) is 0 Å². The van der Waals surface area contributed by atoms with Crippen molar-refractivity contribution in [1.29, 1.82) is 0 Å². The summed E-state index contributed by atoms with van der Waals surface area (Å²) in [5.74, 6) is -0.214. The number of nitrogens with two attached hydrogens (primary N) is 1. The molecule has 100 valence electrons. The Morgan fingerprint density at radius 2 is 2.22 bits per heavy atom. The number of ether oxygens (including phenoxy) is 1. The van der Waals surface area contributed by atoms with E-state index < -0.39 is 18.2 Å². The average molecular weight is 254 g/mol. The Morgan fingerprint density at radius 1 is 1.56 bits per heavy atom. The van der Waals surface area contributed by atoms with Crippen LogP contribution in [0.1, 0.15) is 30.6 Å². The Hall–Kier alpha value is -1.66. The minimum Gasteiger partial charge on any atom is -0.466 e. The van der Waals surface area contributed by atoms with Gasteiger partial charge in [0, 0.05) is 11.8 Å². The van der Waals surface area contributed by atoms with Crippen molar-refractivity contribution in [3.05, 3.63) is 23.4 Å². The van der Waals surface area contributed by atoms with Gasteiger partial charge in [0.25, 0.3) is 0 Å². The summed E-state index contributed by atoms with van der Waals surface area (Å²) in [4.78, 5) is 15.0.